The number of hydrogen-bond donors (Lipinski definition) is 4. The molecule has 4 N–H and O–H groups in total. The number of rotatable bonds is 7. The number of aliphatic carboxylic acids is 1. The fourth-order valence-electron chi connectivity index (χ4n) is 1.42. The van der Waals surface area contributed by atoms with Crippen molar-refractivity contribution in [2.45, 2.75) is 25.5 Å². The molecule has 20 heavy (non-hydrogen) atoms. The summed E-state index contributed by atoms with van der Waals surface area (Å²) in [5, 5.41) is 24.5. The second-order valence-electron chi connectivity index (χ2n) is 4.11. The Kier molecular flexibility index (Phi) is 6.13. The van der Waals surface area contributed by atoms with Crippen molar-refractivity contribution in [3.63, 3.8) is 0 Å². The van der Waals surface area contributed by atoms with Crippen LogP contribution in [0.25, 0.3) is 0 Å². The van der Waals surface area contributed by atoms with E-state index in [0.29, 0.717) is 4.88 Å². The highest BCUT2D eigenvalue weighted by atomic mass is 32.1. The van der Waals surface area contributed by atoms with E-state index in [4.69, 9.17) is 5.11 Å². The smallest absolute Gasteiger partial charge is 0.328 e. The predicted octanol–water partition coefficient (Wildman–Crippen LogP) is -0.182. The molecule has 1 aromatic heterocycles. The van der Waals surface area contributed by atoms with E-state index in [1.165, 1.54) is 18.3 Å². The number of carbonyl (C=O) groups excluding carboxylic acids is 2. The Morgan fingerprint density at radius 1 is 1.40 bits per heavy atom. The van der Waals surface area contributed by atoms with Crippen LogP contribution in [0.15, 0.2) is 17.5 Å². The lowest BCUT2D eigenvalue weighted by molar-refractivity contribution is -0.144. The van der Waals surface area contributed by atoms with E-state index in [9.17, 15) is 19.5 Å². The van der Waals surface area contributed by atoms with Crippen molar-refractivity contribution in [2.75, 3.05) is 6.54 Å². The molecule has 8 heteroatoms. The molecule has 0 aliphatic carbocycles. The maximum Gasteiger partial charge on any atom is 0.328 e. The lowest BCUT2D eigenvalue weighted by Crippen LogP contribution is -2.48. The maximum absolute atomic E-state index is 11.6. The minimum atomic E-state index is -1.35. The zero-order valence-electron chi connectivity index (χ0n) is 10.8. The summed E-state index contributed by atoms with van der Waals surface area (Å²) >= 11 is 1.28. The summed E-state index contributed by atoms with van der Waals surface area (Å²) in [7, 11) is 0. The highest BCUT2D eigenvalue weighted by Crippen LogP contribution is 2.07. The van der Waals surface area contributed by atoms with Crippen molar-refractivity contribution >= 4 is 29.1 Å². The minimum absolute atomic E-state index is 0.0619. The molecule has 0 aromatic carbocycles. The third-order valence-corrected chi connectivity index (χ3v) is 3.32. The molecule has 0 fully saturated rings. The Morgan fingerprint density at radius 3 is 2.60 bits per heavy atom. The molecule has 0 radical (unpaired) electrons. The van der Waals surface area contributed by atoms with E-state index < -0.39 is 24.0 Å². The highest BCUT2D eigenvalue weighted by molar-refractivity contribution is 7.12. The standard InChI is InChI=1S/C12H16N2O5S/c1-7(15)10(12(18)19)14-9(16)4-5-13-11(17)8-3-2-6-20-8/h2-3,6-7,10,15H,4-5H2,1H3,(H,13,17)(H,14,16)(H,18,19). The van der Waals surface area contributed by atoms with Crippen molar-refractivity contribution in [3.05, 3.63) is 22.4 Å². The quantitative estimate of drug-likeness (QED) is 0.557. The van der Waals surface area contributed by atoms with E-state index in [-0.39, 0.29) is 18.9 Å². The van der Waals surface area contributed by atoms with Gasteiger partial charge in [0.25, 0.3) is 5.91 Å². The summed E-state index contributed by atoms with van der Waals surface area (Å²) in [6.45, 7) is 1.37. The van der Waals surface area contributed by atoms with Gasteiger partial charge >= 0.3 is 5.97 Å². The van der Waals surface area contributed by atoms with Gasteiger partial charge < -0.3 is 20.8 Å². The molecule has 1 aromatic rings. The van der Waals surface area contributed by atoms with Crippen LogP contribution < -0.4 is 10.6 Å². The third kappa shape index (κ3) is 4.98. The molecule has 0 saturated carbocycles. The average molecular weight is 300 g/mol. The lowest BCUT2D eigenvalue weighted by atomic mass is 10.2. The molecule has 0 aliphatic heterocycles. The van der Waals surface area contributed by atoms with Crippen molar-refractivity contribution in [1.29, 1.82) is 0 Å². The van der Waals surface area contributed by atoms with Crippen LogP contribution in [0.4, 0.5) is 0 Å². The first kappa shape index (κ1) is 16.1. The van der Waals surface area contributed by atoms with E-state index in [1.54, 1.807) is 17.5 Å². The van der Waals surface area contributed by atoms with Crippen LogP contribution in [0.1, 0.15) is 23.0 Å². The van der Waals surface area contributed by atoms with E-state index in [2.05, 4.69) is 10.6 Å². The molecule has 0 bridgehead atoms. The van der Waals surface area contributed by atoms with Crippen molar-refractivity contribution in [2.24, 2.45) is 0 Å². The van der Waals surface area contributed by atoms with Crippen LogP contribution in [0.3, 0.4) is 0 Å². The number of aliphatic hydroxyl groups excluding tert-OH is 1. The molecular formula is C12H16N2O5S. The van der Waals surface area contributed by atoms with Gasteiger partial charge in [-0.2, -0.15) is 0 Å². The number of carboxylic acids is 1. The summed E-state index contributed by atoms with van der Waals surface area (Å²) < 4.78 is 0. The molecule has 0 spiro atoms. The Labute approximate surface area is 119 Å². The summed E-state index contributed by atoms with van der Waals surface area (Å²) in [4.78, 5) is 34.4. The number of thiophene rings is 1. The Bertz CT molecular complexity index is 472. The van der Waals surface area contributed by atoms with Gasteiger partial charge in [-0.1, -0.05) is 6.07 Å². The predicted molar refractivity (Wildman–Crippen MR) is 72.5 cm³/mol. The van der Waals surface area contributed by atoms with Crippen molar-refractivity contribution in [3.8, 4) is 0 Å². The number of carboxylic acid groups (broad SMARTS) is 1. The lowest BCUT2D eigenvalue weighted by Gasteiger charge is -2.16. The van der Waals surface area contributed by atoms with Gasteiger partial charge in [0.1, 0.15) is 0 Å². The van der Waals surface area contributed by atoms with E-state index in [0.717, 1.165) is 0 Å². The number of hydrogen-bond acceptors (Lipinski definition) is 5. The van der Waals surface area contributed by atoms with Crippen LogP contribution in [0.2, 0.25) is 0 Å². The van der Waals surface area contributed by atoms with Gasteiger partial charge in [-0.3, -0.25) is 9.59 Å². The molecule has 0 aliphatic rings. The van der Waals surface area contributed by atoms with Gasteiger partial charge in [0.2, 0.25) is 5.91 Å². The summed E-state index contributed by atoms with van der Waals surface area (Å²) in [5.74, 6) is -2.14. The summed E-state index contributed by atoms with van der Waals surface area (Å²) in [6.07, 6.45) is -1.26. The van der Waals surface area contributed by atoms with Gasteiger partial charge in [0, 0.05) is 13.0 Å². The number of aliphatic hydroxyl groups is 1. The van der Waals surface area contributed by atoms with Crippen LogP contribution in [0.5, 0.6) is 0 Å². The Balaban J connectivity index is 2.33. The number of carbonyl (C=O) groups is 3. The van der Waals surface area contributed by atoms with Gasteiger partial charge in [-0.05, 0) is 18.4 Å². The molecule has 0 saturated heterocycles. The van der Waals surface area contributed by atoms with E-state index in [1.807, 2.05) is 0 Å². The SMILES string of the molecule is CC(O)C(NC(=O)CCNC(=O)c1cccs1)C(=O)O. The molecule has 7 nitrogen and oxygen atoms in total. The number of amides is 2. The minimum Gasteiger partial charge on any atom is -0.480 e. The van der Waals surface area contributed by atoms with Gasteiger partial charge in [0.05, 0.1) is 11.0 Å². The van der Waals surface area contributed by atoms with Gasteiger partial charge in [-0.25, -0.2) is 4.79 Å². The molecule has 2 atom stereocenters. The summed E-state index contributed by atoms with van der Waals surface area (Å²) in [6, 6.07) is 2.05. The Hall–Kier alpha value is -1.93. The Morgan fingerprint density at radius 2 is 2.10 bits per heavy atom. The zero-order valence-corrected chi connectivity index (χ0v) is 11.6. The first-order chi connectivity index (χ1) is 9.41. The van der Waals surface area contributed by atoms with Crippen molar-refractivity contribution < 1.29 is 24.6 Å². The highest BCUT2D eigenvalue weighted by Gasteiger charge is 2.24. The van der Waals surface area contributed by atoms with E-state index >= 15 is 0 Å². The largest absolute Gasteiger partial charge is 0.480 e. The van der Waals surface area contributed by atoms with Gasteiger partial charge in [0.15, 0.2) is 6.04 Å². The second-order valence-corrected chi connectivity index (χ2v) is 5.05. The normalized spacial score (nSPS) is 13.3. The molecule has 110 valence electrons. The van der Waals surface area contributed by atoms with Crippen LogP contribution in [0, 0.1) is 0 Å². The van der Waals surface area contributed by atoms with Crippen molar-refractivity contribution in [1.82, 2.24) is 10.6 Å². The topological polar surface area (TPSA) is 116 Å². The fourth-order valence-corrected chi connectivity index (χ4v) is 2.06. The third-order valence-electron chi connectivity index (χ3n) is 2.45. The second kappa shape index (κ2) is 7.61. The molecular weight excluding hydrogens is 284 g/mol. The van der Waals surface area contributed by atoms with Crippen LogP contribution in [-0.2, 0) is 9.59 Å². The maximum atomic E-state index is 11.6. The molecule has 1 heterocycles. The fraction of sp³-hybridized carbons (Fsp3) is 0.417. The average Bonchev–Trinajstić information content (AvgIpc) is 2.88. The number of nitrogens with one attached hydrogen (secondary N) is 2. The molecule has 1 rings (SSSR count). The zero-order chi connectivity index (χ0) is 15.1. The van der Waals surface area contributed by atoms with Crippen LogP contribution >= 0.6 is 11.3 Å². The molecule has 2 amide bonds. The first-order valence-corrected chi connectivity index (χ1v) is 6.81. The monoisotopic (exact) mass is 300 g/mol. The molecule has 2 unspecified atom stereocenters. The first-order valence-electron chi connectivity index (χ1n) is 5.93. The van der Waals surface area contributed by atoms with Crippen LogP contribution in [-0.4, -0.2) is 46.7 Å². The van der Waals surface area contributed by atoms with Gasteiger partial charge in [-0.15, -0.1) is 11.3 Å². The summed E-state index contributed by atoms with van der Waals surface area (Å²) in [5.41, 5.74) is 0.